The highest BCUT2D eigenvalue weighted by atomic mass is 16.5. The van der Waals surface area contributed by atoms with Crippen LogP contribution in [0.15, 0.2) is 67.3 Å². The highest BCUT2D eigenvalue weighted by molar-refractivity contribution is 5.72. The van der Waals surface area contributed by atoms with Crippen LogP contribution in [0.3, 0.4) is 0 Å². The number of rotatable bonds is 11. The van der Waals surface area contributed by atoms with Crippen molar-refractivity contribution < 1.29 is 9.84 Å². The summed E-state index contributed by atoms with van der Waals surface area (Å²) >= 11 is 0. The zero-order valence-electron chi connectivity index (χ0n) is 21.7. The van der Waals surface area contributed by atoms with E-state index >= 15 is 0 Å². The predicted molar refractivity (Wildman–Crippen MR) is 143 cm³/mol. The average Bonchev–Trinajstić information content (AvgIpc) is 2.82. The molecular weight excluding hydrogens is 380 g/mol. The normalized spacial score (nSPS) is 10.9. The lowest BCUT2D eigenvalue weighted by molar-refractivity contribution is 0.219. The maximum atomic E-state index is 10.3. The van der Waals surface area contributed by atoms with Gasteiger partial charge in [0.25, 0.3) is 0 Å². The van der Waals surface area contributed by atoms with Crippen molar-refractivity contribution in [3.05, 3.63) is 78.4 Å². The second kappa shape index (κ2) is 26.1. The number of ether oxygens (including phenoxy) is 1. The van der Waals surface area contributed by atoms with Gasteiger partial charge in [0.1, 0.15) is 6.10 Å². The maximum absolute atomic E-state index is 10.3. The highest BCUT2D eigenvalue weighted by Crippen LogP contribution is 2.23. The summed E-state index contributed by atoms with van der Waals surface area (Å²) in [5.41, 5.74) is 3.50. The third-order valence-corrected chi connectivity index (χ3v) is 4.02. The molecule has 2 nitrogen and oxygen atoms in total. The van der Waals surface area contributed by atoms with Gasteiger partial charge in [0.15, 0.2) is 0 Å². The first-order valence-corrected chi connectivity index (χ1v) is 12.0. The molecule has 0 bridgehead atoms. The lowest BCUT2D eigenvalue weighted by Gasteiger charge is -2.12. The lowest BCUT2D eigenvalue weighted by Crippen LogP contribution is -1.99. The van der Waals surface area contributed by atoms with Crippen LogP contribution in [0.2, 0.25) is 0 Å². The molecule has 0 fully saturated rings. The molecule has 1 aromatic carbocycles. The third-order valence-electron chi connectivity index (χ3n) is 4.02. The summed E-state index contributed by atoms with van der Waals surface area (Å²) in [5, 5.41) is 10.3. The topological polar surface area (TPSA) is 29.5 Å². The molecule has 0 aliphatic carbocycles. The third kappa shape index (κ3) is 18.6. The Hall–Kier alpha value is -1.90. The lowest BCUT2D eigenvalue weighted by atomic mass is 9.99. The number of methoxy groups -OCH3 is 1. The van der Waals surface area contributed by atoms with Gasteiger partial charge < -0.3 is 9.84 Å². The van der Waals surface area contributed by atoms with Crippen molar-refractivity contribution in [2.45, 2.75) is 86.7 Å². The molecule has 1 rings (SSSR count). The van der Waals surface area contributed by atoms with E-state index < -0.39 is 6.10 Å². The van der Waals surface area contributed by atoms with E-state index in [1.54, 1.807) is 13.2 Å². The Balaban J connectivity index is -0.000000747. The molecule has 0 aliphatic heterocycles. The van der Waals surface area contributed by atoms with Crippen molar-refractivity contribution in [1.29, 1.82) is 0 Å². The van der Waals surface area contributed by atoms with Gasteiger partial charge in [-0.2, -0.15) is 0 Å². The zero-order valence-corrected chi connectivity index (χ0v) is 21.7. The molecule has 0 spiro atoms. The van der Waals surface area contributed by atoms with Crippen molar-refractivity contribution in [3.8, 4) is 0 Å². The molecule has 1 unspecified atom stereocenters. The first-order chi connectivity index (χ1) is 15.0. The molecule has 0 saturated carbocycles. The van der Waals surface area contributed by atoms with Crippen LogP contribution in [0, 0.1) is 0 Å². The van der Waals surface area contributed by atoms with E-state index in [0.717, 1.165) is 29.5 Å². The van der Waals surface area contributed by atoms with Gasteiger partial charge in [-0.05, 0) is 28.7 Å². The molecule has 178 valence electrons. The first-order valence-electron chi connectivity index (χ1n) is 12.0. The van der Waals surface area contributed by atoms with Crippen molar-refractivity contribution in [2.75, 3.05) is 13.7 Å². The van der Waals surface area contributed by atoms with E-state index in [-0.39, 0.29) is 0 Å². The summed E-state index contributed by atoms with van der Waals surface area (Å²) in [6.07, 6.45) is 13.4. The van der Waals surface area contributed by atoms with E-state index in [1.807, 2.05) is 64.1 Å². The summed E-state index contributed by atoms with van der Waals surface area (Å²) in [6, 6.07) is 7.77. The summed E-state index contributed by atoms with van der Waals surface area (Å²) in [6.45, 7) is 23.0. The molecule has 31 heavy (non-hydrogen) atoms. The fraction of sp³-hybridized carbons (Fsp3) is 0.517. The summed E-state index contributed by atoms with van der Waals surface area (Å²) in [5.74, 6) is 0. The summed E-state index contributed by atoms with van der Waals surface area (Å²) < 4.78 is 4.93. The summed E-state index contributed by atoms with van der Waals surface area (Å²) in [7, 11) is 1.63. The van der Waals surface area contributed by atoms with Crippen molar-refractivity contribution in [3.63, 3.8) is 0 Å². The van der Waals surface area contributed by atoms with E-state index in [9.17, 15) is 5.11 Å². The van der Waals surface area contributed by atoms with E-state index in [4.69, 9.17) is 4.74 Å². The van der Waals surface area contributed by atoms with Gasteiger partial charge in [0.2, 0.25) is 0 Å². The molecular formula is C29H50O2. The average molecular weight is 431 g/mol. The SMILES string of the molecule is C=C(/C=C\CCC)c1ccc(C(O)C(=C)/C=C\COC)cc1.CC.CC.CCCCC. The number of allylic oxidation sites excluding steroid dienone is 3. The zero-order chi connectivity index (χ0) is 24.5. The van der Waals surface area contributed by atoms with Gasteiger partial charge in [-0.25, -0.2) is 0 Å². The Bertz CT molecular complexity index is 577. The Morgan fingerprint density at radius 3 is 1.87 bits per heavy atom. The first kappa shape index (κ1) is 33.7. The van der Waals surface area contributed by atoms with Crippen LogP contribution < -0.4 is 0 Å². The number of hydrogen-bond donors (Lipinski definition) is 1. The van der Waals surface area contributed by atoms with Crippen LogP contribution in [-0.4, -0.2) is 18.8 Å². The number of aliphatic hydroxyl groups is 1. The van der Waals surface area contributed by atoms with Crippen molar-refractivity contribution >= 4 is 5.57 Å². The van der Waals surface area contributed by atoms with Crippen LogP contribution in [-0.2, 0) is 4.74 Å². The van der Waals surface area contributed by atoms with E-state index in [1.165, 1.54) is 19.3 Å². The Morgan fingerprint density at radius 2 is 1.45 bits per heavy atom. The monoisotopic (exact) mass is 430 g/mol. The fourth-order valence-electron chi connectivity index (χ4n) is 2.32. The van der Waals surface area contributed by atoms with Gasteiger partial charge in [0.05, 0.1) is 6.61 Å². The highest BCUT2D eigenvalue weighted by Gasteiger charge is 2.09. The van der Waals surface area contributed by atoms with Gasteiger partial charge in [0, 0.05) is 7.11 Å². The van der Waals surface area contributed by atoms with Crippen LogP contribution in [0.25, 0.3) is 5.57 Å². The van der Waals surface area contributed by atoms with Gasteiger partial charge in [-0.15, -0.1) is 0 Å². The minimum Gasteiger partial charge on any atom is -0.384 e. The second-order valence-corrected chi connectivity index (χ2v) is 6.53. The maximum Gasteiger partial charge on any atom is 0.103 e. The minimum atomic E-state index is -0.703. The van der Waals surface area contributed by atoms with Gasteiger partial charge in [-0.1, -0.05) is 136 Å². The van der Waals surface area contributed by atoms with E-state index in [0.29, 0.717) is 12.2 Å². The molecule has 1 aromatic rings. The smallest absolute Gasteiger partial charge is 0.103 e. The molecule has 1 atom stereocenters. The second-order valence-electron chi connectivity index (χ2n) is 6.53. The predicted octanol–water partition coefficient (Wildman–Crippen LogP) is 9.10. The Labute approximate surface area is 194 Å². The molecule has 1 N–H and O–H groups in total. The molecule has 0 heterocycles. The molecule has 2 heteroatoms. The molecule has 0 saturated heterocycles. The van der Waals surface area contributed by atoms with Crippen molar-refractivity contribution in [2.24, 2.45) is 0 Å². The quantitative estimate of drug-likeness (QED) is 0.355. The van der Waals surface area contributed by atoms with Crippen LogP contribution in [0.4, 0.5) is 0 Å². The summed E-state index contributed by atoms with van der Waals surface area (Å²) in [4.78, 5) is 0. The van der Waals surface area contributed by atoms with Crippen LogP contribution in [0.1, 0.15) is 97.8 Å². The molecule has 0 amide bonds. The largest absolute Gasteiger partial charge is 0.384 e. The van der Waals surface area contributed by atoms with Crippen molar-refractivity contribution in [1.82, 2.24) is 0 Å². The molecule has 0 aliphatic rings. The number of aliphatic hydroxyl groups excluding tert-OH is 1. The number of hydrogen-bond acceptors (Lipinski definition) is 2. The van der Waals surface area contributed by atoms with Gasteiger partial charge >= 0.3 is 0 Å². The Kier molecular flexibility index (Phi) is 28.4. The van der Waals surface area contributed by atoms with Crippen LogP contribution >= 0.6 is 0 Å². The standard InChI is InChI=1S/C20H26O2.C5H12.2C2H6/c1-5-6-7-9-16(2)18-11-13-19(14-12-18)20(21)17(3)10-8-15-22-4;1-3-5-4-2;2*1-2/h7-14,20-21H,2-3,5-6,15H2,1,4H3;3-5H2,1-2H3;2*1-2H3/b9-7-,10-8-;;;. The molecule has 0 aromatic heterocycles. The number of unbranched alkanes of at least 4 members (excludes halogenated alkanes) is 3. The minimum absolute atomic E-state index is 0.509. The number of benzene rings is 1. The fourth-order valence-corrected chi connectivity index (χ4v) is 2.32. The Morgan fingerprint density at radius 1 is 0.903 bits per heavy atom. The van der Waals surface area contributed by atoms with Gasteiger partial charge in [-0.3, -0.25) is 0 Å². The van der Waals surface area contributed by atoms with Crippen LogP contribution in [0.5, 0.6) is 0 Å². The molecule has 0 radical (unpaired) electrons. The van der Waals surface area contributed by atoms with E-state index in [2.05, 4.69) is 40.0 Å².